The summed E-state index contributed by atoms with van der Waals surface area (Å²) >= 11 is 5.85. The molecular formula is C12H16N2OS2. The maximum Gasteiger partial charge on any atom is 0.238 e. The molecule has 1 amide bonds. The molecule has 0 spiro atoms. The van der Waals surface area contributed by atoms with E-state index in [1.165, 1.54) is 5.56 Å². The summed E-state index contributed by atoms with van der Waals surface area (Å²) in [7, 11) is 0. The number of carbonyl (C=O) groups excluding carboxylic acids is 1. The molecule has 0 aliphatic carbocycles. The molecule has 3 nitrogen and oxygen atoms in total. The van der Waals surface area contributed by atoms with Crippen molar-refractivity contribution in [2.45, 2.75) is 11.4 Å². The highest BCUT2D eigenvalue weighted by molar-refractivity contribution is 7.99. The third-order valence-electron chi connectivity index (χ3n) is 2.61. The van der Waals surface area contributed by atoms with Gasteiger partial charge in [-0.05, 0) is 5.56 Å². The zero-order valence-corrected chi connectivity index (χ0v) is 11.1. The Morgan fingerprint density at radius 3 is 2.94 bits per heavy atom. The van der Waals surface area contributed by atoms with E-state index in [2.05, 4.69) is 35.4 Å². The van der Waals surface area contributed by atoms with Gasteiger partial charge in [-0.1, -0.05) is 30.3 Å². The van der Waals surface area contributed by atoms with Crippen LogP contribution in [0, 0.1) is 0 Å². The lowest BCUT2D eigenvalue weighted by Crippen LogP contribution is -2.43. The molecule has 92 valence electrons. The second kappa shape index (κ2) is 6.33. The highest BCUT2D eigenvalue weighted by Crippen LogP contribution is 2.32. The molecular weight excluding hydrogens is 252 g/mol. The first-order valence-corrected chi connectivity index (χ1v) is 7.30. The van der Waals surface area contributed by atoms with Crippen LogP contribution in [0.1, 0.15) is 10.9 Å². The van der Waals surface area contributed by atoms with Gasteiger partial charge in [0.2, 0.25) is 5.91 Å². The second-order valence-electron chi connectivity index (χ2n) is 3.86. The van der Waals surface area contributed by atoms with Gasteiger partial charge in [-0.2, -0.15) is 12.6 Å². The number of hydrogen-bond acceptors (Lipinski definition) is 4. The number of benzene rings is 1. The smallest absolute Gasteiger partial charge is 0.238 e. The van der Waals surface area contributed by atoms with Crippen molar-refractivity contribution in [3.05, 3.63) is 35.9 Å². The molecule has 2 rings (SSSR count). The first-order valence-electron chi connectivity index (χ1n) is 5.62. The highest BCUT2D eigenvalue weighted by atomic mass is 32.2. The summed E-state index contributed by atoms with van der Waals surface area (Å²) in [5.41, 5.74) is 1.22. The molecule has 1 heterocycles. The number of amides is 1. The number of thioether (sulfide) groups is 1. The molecule has 0 aromatic heterocycles. The fraction of sp³-hybridized carbons (Fsp3) is 0.417. The van der Waals surface area contributed by atoms with Crippen LogP contribution in [0.25, 0.3) is 0 Å². The van der Waals surface area contributed by atoms with Crippen LogP contribution in [-0.4, -0.2) is 30.0 Å². The lowest BCUT2D eigenvalue weighted by Gasteiger charge is -2.13. The largest absolute Gasteiger partial charge is 0.354 e. The molecule has 2 atom stereocenters. The fourth-order valence-corrected chi connectivity index (χ4v) is 3.10. The van der Waals surface area contributed by atoms with Crippen LogP contribution >= 0.6 is 24.4 Å². The first kappa shape index (κ1) is 12.8. The molecule has 17 heavy (non-hydrogen) atoms. The average molecular weight is 268 g/mol. The molecule has 0 radical (unpaired) electrons. The van der Waals surface area contributed by atoms with Gasteiger partial charge in [-0.25, -0.2) is 0 Å². The van der Waals surface area contributed by atoms with Crippen molar-refractivity contribution in [2.24, 2.45) is 0 Å². The fourth-order valence-electron chi connectivity index (χ4n) is 1.75. The first-order chi connectivity index (χ1) is 8.31. The van der Waals surface area contributed by atoms with E-state index in [9.17, 15) is 4.79 Å². The third kappa shape index (κ3) is 3.40. The zero-order valence-electron chi connectivity index (χ0n) is 9.43. The molecule has 1 aliphatic heterocycles. The summed E-state index contributed by atoms with van der Waals surface area (Å²) in [4.78, 5) is 11.8. The Hall–Kier alpha value is -0.650. The van der Waals surface area contributed by atoms with E-state index >= 15 is 0 Å². The third-order valence-corrected chi connectivity index (χ3v) is 4.10. The summed E-state index contributed by atoms with van der Waals surface area (Å²) in [5.74, 6) is 1.57. The molecule has 2 N–H and O–H groups in total. The van der Waals surface area contributed by atoms with Crippen molar-refractivity contribution >= 4 is 30.3 Å². The summed E-state index contributed by atoms with van der Waals surface area (Å²) < 4.78 is 0. The van der Waals surface area contributed by atoms with E-state index in [0.717, 1.165) is 5.75 Å². The molecule has 1 aliphatic rings. The Kier molecular flexibility index (Phi) is 4.76. The van der Waals surface area contributed by atoms with Gasteiger partial charge in [-0.15, -0.1) is 11.8 Å². The van der Waals surface area contributed by atoms with Crippen molar-refractivity contribution in [3.63, 3.8) is 0 Å². The van der Waals surface area contributed by atoms with Crippen LogP contribution in [0.3, 0.4) is 0 Å². The number of nitrogens with one attached hydrogen (secondary N) is 2. The Morgan fingerprint density at radius 1 is 1.47 bits per heavy atom. The summed E-state index contributed by atoms with van der Waals surface area (Å²) in [5, 5.41) is 6.42. The minimum atomic E-state index is -0.0925. The minimum Gasteiger partial charge on any atom is -0.354 e. The van der Waals surface area contributed by atoms with E-state index in [1.807, 2.05) is 18.2 Å². The topological polar surface area (TPSA) is 41.1 Å². The molecule has 1 aromatic carbocycles. The van der Waals surface area contributed by atoms with Crippen molar-refractivity contribution < 1.29 is 4.79 Å². The van der Waals surface area contributed by atoms with E-state index in [4.69, 9.17) is 0 Å². The van der Waals surface area contributed by atoms with Crippen LogP contribution in [-0.2, 0) is 4.79 Å². The lowest BCUT2D eigenvalue weighted by atomic mass is 10.2. The maximum absolute atomic E-state index is 11.8. The molecule has 0 bridgehead atoms. The van der Waals surface area contributed by atoms with E-state index < -0.39 is 0 Å². The van der Waals surface area contributed by atoms with Crippen molar-refractivity contribution in [1.82, 2.24) is 10.6 Å². The van der Waals surface area contributed by atoms with Gasteiger partial charge in [0.15, 0.2) is 0 Å². The molecule has 0 saturated carbocycles. The SMILES string of the molecule is O=C(NCCS)C1CSC(c2ccccc2)N1. The van der Waals surface area contributed by atoms with Gasteiger partial charge < -0.3 is 5.32 Å². The highest BCUT2D eigenvalue weighted by Gasteiger charge is 2.29. The Balaban J connectivity index is 1.89. The van der Waals surface area contributed by atoms with Crippen LogP contribution < -0.4 is 10.6 Å². The number of carbonyl (C=O) groups is 1. The Labute approximate surface area is 111 Å². The standard InChI is InChI=1S/C12H16N2OS2/c15-11(13-6-7-16)10-8-17-12(14-10)9-4-2-1-3-5-9/h1-5,10,12,14,16H,6-8H2,(H,13,15). The monoisotopic (exact) mass is 268 g/mol. The van der Waals surface area contributed by atoms with Gasteiger partial charge in [0.25, 0.3) is 0 Å². The van der Waals surface area contributed by atoms with Crippen LogP contribution in [0.4, 0.5) is 0 Å². The molecule has 1 fully saturated rings. The molecule has 1 saturated heterocycles. The van der Waals surface area contributed by atoms with Gasteiger partial charge in [-0.3, -0.25) is 10.1 Å². The van der Waals surface area contributed by atoms with E-state index in [0.29, 0.717) is 12.3 Å². The molecule has 5 heteroatoms. The number of thiol groups is 1. The van der Waals surface area contributed by atoms with Gasteiger partial charge >= 0.3 is 0 Å². The van der Waals surface area contributed by atoms with Crippen molar-refractivity contribution in [2.75, 3.05) is 18.1 Å². The normalized spacial score (nSPS) is 23.6. The van der Waals surface area contributed by atoms with Crippen LogP contribution in [0.5, 0.6) is 0 Å². The van der Waals surface area contributed by atoms with E-state index in [1.54, 1.807) is 11.8 Å². The van der Waals surface area contributed by atoms with Gasteiger partial charge in [0.1, 0.15) is 0 Å². The second-order valence-corrected chi connectivity index (χ2v) is 5.44. The summed E-state index contributed by atoms with van der Waals surface area (Å²) in [6.07, 6.45) is 0. The summed E-state index contributed by atoms with van der Waals surface area (Å²) in [6, 6.07) is 10.1. The maximum atomic E-state index is 11.8. The predicted octanol–water partition coefficient (Wildman–Crippen LogP) is 1.44. The Morgan fingerprint density at radius 2 is 2.24 bits per heavy atom. The number of rotatable bonds is 4. The van der Waals surface area contributed by atoms with Crippen LogP contribution in [0.15, 0.2) is 30.3 Å². The van der Waals surface area contributed by atoms with E-state index in [-0.39, 0.29) is 17.3 Å². The van der Waals surface area contributed by atoms with Gasteiger partial charge in [0.05, 0.1) is 11.4 Å². The molecule has 1 aromatic rings. The van der Waals surface area contributed by atoms with Crippen molar-refractivity contribution in [1.29, 1.82) is 0 Å². The predicted molar refractivity (Wildman–Crippen MR) is 75.4 cm³/mol. The Bertz CT molecular complexity index is 372. The molecule has 2 unspecified atom stereocenters. The average Bonchev–Trinajstić information content (AvgIpc) is 2.86. The van der Waals surface area contributed by atoms with Crippen molar-refractivity contribution in [3.8, 4) is 0 Å². The lowest BCUT2D eigenvalue weighted by molar-refractivity contribution is -0.122. The summed E-state index contributed by atoms with van der Waals surface area (Å²) in [6.45, 7) is 0.626. The quantitative estimate of drug-likeness (QED) is 0.724. The number of hydrogen-bond donors (Lipinski definition) is 3. The zero-order chi connectivity index (χ0) is 12.1. The van der Waals surface area contributed by atoms with Gasteiger partial charge in [0, 0.05) is 18.1 Å². The minimum absolute atomic E-state index is 0.0741. The van der Waals surface area contributed by atoms with Crippen LogP contribution in [0.2, 0.25) is 0 Å².